The molecule has 90 valence electrons. The summed E-state index contributed by atoms with van der Waals surface area (Å²) in [6.45, 7) is 5.28. The van der Waals surface area contributed by atoms with Crippen molar-refractivity contribution < 1.29 is 10.2 Å². The van der Waals surface area contributed by atoms with E-state index in [4.69, 9.17) is 0 Å². The Hall–Kier alpha value is -0.120. The molecule has 0 saturated heterocycles. The fourth-order valence-electron chi connectivity index (χ4n) is 2.08. The normalized spacial score (nSPS) is 31.2. The van der Waals surface area contributed by atoms with Gasteiger partial charge in [-0.2, -0.15) is 0 Å². The average molecular weight is 215 g/mol. The molecule has 1 saturated carbocycles. The molecule has 1 fully saturated rings. The fourth-order valence-corrected chi connectivity index (χ4v) is 2.08. The highest BCUT2D eigenvalue weighted by atomic mass is 16.3. The van der Waals surface area contributed by atoms with Crippen molar-refractivity contribution in [1.82, 2.24) is 5.32 Å². The van der Waals surface area contributed by atoms with Gasteiger partial charge in [0.25, 0.3) is 0 Å². The lowest BCUT2D eigenvalue weighted by Gasteiger charge is -2.29. The van der Waals surface area contributed by atoms with Crippen molar-refractivity contribution in [3.63, 3.8) is 0 Å². The van der Waals surface area contributed by atoms with Gasteiger partial charge in [-0.3, -0.25) is 0 Å². The zero-order chi connectivity index (χ0) is 11.3. The van der Waals surface area contributed by atoms with Gasteiger partial charge >= 0.3 is 0 Å². The van der Waals surface area contributed by atoms with Crippen molar-refractivity contribution in [3.05, 3.63) is 0 Å². The van der Waals surface area contributed by atoms with Crippen LogP contribution in [-0.2, 0) is 0 Å². The Morgan fingerprint density at radius 1 is 1.33 bits per heavy atom. The second-order valence-corrected chi connectivity index (χ2v) is 5.09. The summed E-state index contributed by atoms with van der Waals surface area (Å²) in [6.07, 6.45) is 5.06. The van der Waals surface area contributed by atoms with Crippen molar-refractivity contribution in [2.45, 2.75) is 57.7 Å². The van der Waals surface area contributed by atoms with Crippen molar-refractivity contribution in [2.24, 2.45) is 5.92 Å². The molecule has 0 aromatic carbocycles. The maximum Gasteiger partial charge on any atom is 0.0740 e. The molecule has 1 aliphatic carbocycles. The molecule has 3 N–H and O–H groups in total. The highest BCUT2D eigenvalue weighted by Gasteiger charge is 2.24. The van der Waals surface area contributed by atoms with Crippen LogP contribution in [0.5, 0.6) is 0 Å². The molecule has 3 nitrogen and oxygen atoms in total. The highest BCUT2D eigenvalue weighted by Crippen LogP contribution is 2.23. The van der Waals surface area contributed by atoms with Crippen LogP contribution in [0.3, 0.4) is 0 Å². The average Bonchev–Trinajstić information content (AvgIpc) is 2.21. The third-order valence-electron chi connectivity index (χ3n) is 3.54. The molecule has 0 aliphatic heterocycles. The van der Waals surface area contributed by atoms with Gasteiger partial charge in [-0.1, -0.05) is 19.8 Å². The lowest BCUT2D eigenvalue weighted by molar-refractivity contribution is 0.0425. The SMILES string of the molecule is CCC(C)(O)CNCC1CCCCC1O. The van der Waals surface area contributed by atoms with Gasteiger partial charge in [0.15, 0.2) is 0 Å². The molecule has 0 radical (unpaired) electrons. The summed E-state index contributed by atoms with van der Waals surface area (Å²) in [5, 5.41) is 22.8. The third-order valence-corrected chi connectivity index (χ3v) is 3.54. The van der Waals surface area contributed by atoms with Crippen LogP contribution in [0.1, 0.15) is 46.0 Å². The zero-order valence-electron chi connectivity index (χ0n) is 10.00. The molecule has 3 atom stereocenters. The molecule has 1 aliphatic rings. The van der Waals surface area contributed by atoms with E-state index in [1.807, 2.05) is 13.8 Å². The van der Waals surface area contributed by atoms with Crippen LogP contribution in [0.15, 0.2) is 0 Å². The Labute approximate surface area is 92.9 Å². The van der Waals surface area contributed by atoms with E-state index >= 15 is 0 Å². The van der Waals surface area contributed by atoms with E-state index in [9.17, 15) is 10.2 Å². The van der Waals surface area contributed by atoms with Crippen LogP contribution in [0, 0.1) is 5.92 Å². The van der Waals surface area contributed by atoms with Crippen LogP contribution in [0.4, 0.5) is 0 Å². The van der Waals surface area contributed by atoms with Crippen LogP contribution in [0.25, 0.3) is 0 Å². The third kappa shape index (κ3) is 4.49. The van der Waals surface area contributed by atoms with Gasteiger partial charge in [0, 0.05) is 13.1 Å². The van der Waals surface area contributed by atoms with Crippen LogP contribution >= 0.6 is 0 Å². The summed E-state index contributed by atoms with van der Waals surface area (Å²) in [5.74, 6) is 0.381. The van der Waals surface area contributed by atoms with E-state index in [-0.39, 0.29) is 6.10 Å². The molecule has 0 aromatic heterocycles. The van der Waals surface area contributed by atoms with Crippen LogP contribution in [0.2, 0.25) is 0 Å². The van der Waals surface area contributed by atoms with Gasteiger partial charge in [0.05, 0.1) is 11.7 Å². The van der Waals surface area contributed by atoms with E-state index < -0.39 is 5.60 Å². The number of hydrogen-bond donors (Lipinski definition) is 3. The highest BCUT2D eigenvalue weighted by molar-refractivity contribution is 4.79. The van der Waals surface area contributed by atoms with Gasteiger partial charge in [-0.15, -0.1) is 0 Å². The molecule has 0 spiro atoms. The number of aliphatic hydroxyl groups is 2. The topological polar surface area (TPSA) is 52.5 Å². The van der Waals surface area contributed by atoms with E-state index in [1.54, 1.807) is 0 Å². The van der Waals surface area contributed by atoms with Gasteiger partial charge in [-0.05, 0) is 32.1 Å². The second-order valence-electron chi connectivity index (χ2n) is 5.09. The first-order valence-corrected chi connectivity index (χ1v) is 6.16. The minimum absolute atomic E-state index is 0.141. The Balaban J connectivity index is 2.19. The zero-order valence-corrected chi connectivity index (χ0v) is 10.00. The first-order valence-electron chi connectivity index (χ1n) is 6.16. The van der Waals surface area contributed by atoms with Gasteiger partial charge in [0.1, 0.15) is 0 Å². The van der Waals surface area contributed by atoms with Crippen molar-refractivity contribution in [2.75, 3.05) is 13.1 Å². The van der Waals surface area contributed by atoms with Crippen LogP contribution < -0.4 is 5.32 Å². The Kier molecular flexibility index (Phi) is 5.03. The van der Waals surface area contributed by atoms with Crippen molar-refractivity contribution in [1.29, 1.82) is 0 Å². The number of aliphatic hydroxyl groups excluding tert-OH is 1. The van der Waals surface area contributed by atoms with Crippen molar-refractivity contribution in [3.8, 4) is 0 Å². The summed E-state index contributed by atoms with van der Waals surface area (Å²) in [5.41, 5.74) is -0.611. The number of hydrogen-bond acceptors (Lipinski definition) is 3. The molecule has 15 heavy (non-hydrogen) atoms. The lowest BCUT2D eigenvalue weighted by atomic mass is 9.86. The largest absolute Gasteiger partial charge is 0.393 e. The Morgan fingerprint density at radius 3 is 2.60 bits per heavy atom. The predicted molar refractivity (Wildman–Crippen MR) is 61.7 cm³/mol. The molecule has 0 aromatic rings. The smallest absolute Gasteiger partial charge is 0.0740 e. The Bertz CT molecular complexity index is 182. The standard InChI is InChI=1S/C12H25NO2/c1-3-12(2,15)9-13-8-10-6-4-5-7-11(10)14/h10-11,13-15H,3-9H2,1-2H3. The molecule has 0 heterocycles. The molecule has 1 rings (SSSR count). The first-order chi connectivity index (χ1) is 7.05. The summed E-state index contributed by atoms with van der Waals surface area (Å²) in [7, 11) is 0. The minimum atomic E-state index is -0.611. The quantitative estimate of drug-likeness (QED) is 0.648. The maximum atomic E-state index is 9.79. The van der Waals surface area contributed by atoms with Gasteiger partial charge in [-0.25, -0.2) is 0 Å². The van der Waals surface area contributed by atoms with Gasteiger partial charge in [0.2, 0.25) is 0 Å². The summed E-state index contributed by atoms with van der Waals surface area (Å²) >= 11 is 0. The summed E-state index contributed by atoms with van der Waals surface area (Å²) in [6, 6.07) is 0. The van der Waals surface area contributed by atoms with Crippen molar-refractivity contribution >= 4 is 0 Å². The molecule has 3 heteroatoms. The molecule has 0 bridgehead atoms. The van der Waals surface area contributed by atoms with E-state index in [2.05, 4.69) is 5.32 Å². The van der Waals surface area contributed by atoms with Crippen LogP contribution in [-0.4, -0.2) is 35.0 Å². The molecule has 3 unspecified atom stereocenters. The Morgan fingerprint density at radius 2 is 2.00 bits per heavy atom. The lowest BCUT2D eigenvalue weighted by Crippen LogP contribution is -2.41. The fraction of sp³-hybridized carbons (Fsp3) is 1.00. The molecule has 0 amide bonds. The monoisotopic (exact) mass is 215 g/mol. The maximum absolute atomic E-state index is 9.79. The molecular formula is C12H25NO2. The number of rotatable bonds is 5. The van der Waals surface area contributed by atoms with E-state index in [1.165, 1.54) is 6.42 Å². The summed E-state index contributed by atoms with van der Waals surface area (Å²) < 4.78 is 0. The minimum Gasteiger partial charge on any atom is -0.393 e. The van der Waals surface area contributed by atoms with E-state index in [0.717, 1.165) is 32.2 Å². The first kappa shape index (κ1) is 12.9. The van der Waals surface area contributed by atoms with E-state index in [0.29, 0.717) is 12.5 Å². The number of nitrogens with one attached hydrogen (secondary N) is 1. The second kappa shape index (κ2) is 5.83. The molecular weight excluding hydrogens is 190 g/mol. The van der Waals surface area contributed by atoms with Gasteiger partial charge < -0.3 is 15.5 Å². The summed E-state index contributed by atoms with van der Waals surface area (Å²) in [4.78, 5) is 0. The predicted octanol–water partition coefficient (Wildman–Crippen LogP) is 1.29.